The molecule has 0 aromatic carbocycles. The summed E-state index contributed by atoms with van der Waals surface area (Å²) in [5, 5.41) is 9.09. The van der Waals surface area contributed by atoms with E-state index in [0.29, 0.717) is 0 Å². The van der Waals surface area contributed by atoms with E-state index < -0.39 is 17.6 Å². The summed E-state index contributed by atoms with van der Waals surface area (Å²) in [5.41, 5.74) is -0.472. The summed E-state index contributed by atoms with van der Waals surface area (Å²) >= 11 is 0. The molecule has 1 N–H and O–H groups in total. The Labute approximate surface area is 73.7 Å². The molecule has 2 atom stereocenters. The number of aliphatic hydroxyl groups excluding tert-OH is 1. The van der Waals surface area contributed by atoms with Crippen molar-refractivity contribution in [3.63, 3.8) is 0 Å². The number of carbonyl (C=O) groups excluding carboxylic acids is 1. The van der Waals surface area contributed by atoms with Crippen molar-refractivity contribution in [2.45, 2.75) is 46.3 Å². The molecule has 0 aliphatic heterocycles. The fourth-order valence-corrected chi connectivity index (χ4v) is 0.592. The lowest BCUT2D eigenvalue weighted by molar-refractivity contribution is -0.162. The van der Waals surface area contributed by atoms with Crippen molar-refractivity contribution < 1.29 is 14.6 Å². The number of hydrogen-bond donors (Lipinski definition) is 1. The van der Waals surface area contributed by atoms with Crippen LogP contribution in [0.5, 0.6) is 0 Å². The molecule has 0 aromatic rings. The standard InChI is InChI=1S/C9H18O3/c1-6(7(2)10)8(11)12-9(3,4)5/h6-7,10H,1-5H3. The van der Waals surface area contributed by atoms with Crippen LogP contribution in [0.15, 0.2) is 0 Å². The van der Waals surface area contributed by atoms with Gasteiger partial charge in [0.05, 0.1) is 12.0 Å². The van der Waals surface area contributed by atoms with Gasteiger partial charge in [-0.2, -0.15) is 0 Å². The zero-order valence-electron chi connectivity index (χ0n) is 8.42. The highest BCUT2D eigenvalue weighted by Crippen LogP contribution is 2.13. The first-order chi connectivity index (χ1) is 5.24. The van der Waals surface area contributed by atoms with Gasteiger partial charge in [0.15, 0.2) is 0 Å². The second kappa shape index (κ2) is 3.90. The Hall–Kier alpha value is -0.570. The number of ether oxygens (including phenoxy) is 1. The molecule has 0 heterocycles. The van der Waals surface area contributed by atoms with Crippen LogP contribution in [0.25, 0.3) is 0 Å². The van der Waals surface area contributed by atoms with E-state index in [9.17, 15) is 4.79 Å². The molecule has 0 radical (unpaired) electrons. The van der Waals surface area contributed by atoms with Crippen LogP contribution in [-0.2, 0) is 9.53 Å². The number of aliphatic hydroxyl groups is 1. The third kappa shape index (κ3) is 4.34. The summed E-state index contributed by atoms with van der Waals surface area (Å²) in [7, 11) is 0. The maximum atomic E-state index is 11.2. The lowest BCUT2D eigenvalue weighted by atomic mass is 10.1. The van der Waals surface area contributed by atoms with E-state index >= 15 is 0 Å². The van der Waals surface area contributed by atoms with Gasteiger partial charge >= 0.3 is 5.97 Å². The number of hydrogen-bond acceptors (Lipinski definition) is 3. The molecule has 2 unspecified atom stereocenters. The van der Waals surface area contributed by atoms with Gasteiger partial charge in [0.25, 0.3) is 0 Å². The van der Waals surface area contributed by atoms with Crippen LogP contribution in [0.1, 0.15) is 34.6 Å². The maximum absolute atomic E-state index is 11.2. The van der Waals surface area contributed by atoms with E-state index in [1.165, 1.54) is 0 Å². The van der Waals surface area contributed by atoms with Crippen LogP contribution >= 0.6 is 0 Å². The van der Waals surface area contributed by atoms with Crippen LogP contribution in [0.3, 0.4) is 0 Å². The van der Waals surface area contributed by atoms with Crippen molar-refractivity contribution >= 4 is 5.97 Å². The molecular weight excluding hydrogens is 156 g/mol. The Bertz CT molecular complexity index is 156. The second-order valence-electron chi connectivity index (χ2n) is 4.06. The molecule has 0 bridgehead atoms. The fourth-order valence-electron chi connectivity index (χ4n) is 0.592. The van der Waals surface area contributed by atoms with Gasteiger partial charge in [0, 0.05) is 0 Å². The normalized spacial score (nSPS) is 16.8. The van der Waals surface area contributed by atoms with Gasteiger partial charge < -0.3 is 9.84 Å². The molecule has 3 nitrogen and oxygen atoms in total. The van der Waals surface area contributed by atoms with Crippen molar-refractivity contribution in [3.05, 3.63) is 0 Å². The van der Waals surface area contributed by atoms with Crippen molar-refractivity contribution in [2.24, 2.45) is 5.92 Å². The molecule has 3 heteroatoms. The van der Waals surface area contributed by atoms with E-state index in [-0.39, 0.29) is 5.97 Å². The molecule has 0 saturated carbocycles. The zero-order chi connectivity index (χ0) is 9.94. The summed E-state index contributed by atoms with van der Waals surface area (Å²) in [4.78, 5) is 11.2. The lowest BCUT2D eigenvalue weighted by Crippen LogP contribution is -2.32. The molecule has 0 fully saturated rings. The topological polar surface area (TPSA) is 46.5 Å². The van der Waals surface area contributed by atoms with Gasteiger partial charge in [-0.05, 0) is 34.6 Å². The Kier molecular flexibility index (Phi) is 3.71. The highest BCUT2D eigenvalue weighted by Gasteiger charge is 2.24. The van der Waals surface area contributed by atoms with Gasteiger partial charge in [-0.1, -0.05) is 0 Å². The minimum Gasteiger partial charge on any atom is -0.460 e. The van der Waals surface area contributed by atoms with E-state index in [4.69, 9.17) is 9.84 Å². The third-order valence-electron chi connectivity index (χ3n) is 1.50. The Morgan fingerprint density at radius 1 is 1.33 bits per heavy atom. The summed E-state index contributed by atoms with van der Waals surface area (Å²) in [5.74, 6) is -0.804. The summed E-state index contributed by atoms with van der Waals surface area (Å²) in [6.45, 7) is 8.65. The monoisotopic (exact) mass is 174 g/mol. The molecule has 0 amide bonds. The van der Waals surface area contributed by atoms with Crippen LogP contribution < -0.4 is 0 Å². The van der Waals surface area contributed by atoms with Crippen LogP contribution in [0, 0.1) is 5.92 Å². The van der Waals surface area contributed by atoms with Gasteiger partial charge in [-0.3, -0.25) is 4.79 Å². The Morgan fingerprint density at radius 2 is 1.75 bits per heavy atom. The minimum atomic E-state index is -0.653. The van der Waals surface area contributed by atoms with Crippen LogP contribution in [-0.4, -0.2) is 22.8 Å². The average Bonchev–Trinajstić information content (AvgIpc) is 1.82. The molecule has 0 rings (SSSR count). The Morgan fingerprint density at radius 3 is 2.00 bits per heavy atom. The van der Waals surface area contributed by atoms with Crippen LogP contribution in [0.4, 0.5) is 0 Å². The maximum Gasteiger partial charge on any atom is 0.311 e. The largest absolute Gasteiger partial charge is 0.460 e. The first-order valence-corrected chi connectivity index (χ1v) is 4.15. The first kappa shape index (κ1) is 11.4. The molecular formula is C9H18O3. The lowest BCUT2D eigenvalue weighted by Gasteiger charge is -2.23. The van der Waals surface area contributed by atoms with E-state index in [1.54, 1.807) is 34.6 Å². The molecule has 0 aliphatic rings. The predicted octanol–water partition coefficient (Wildman–Crippen LogP) is 1.34. The van der Waals surface area contributed by atoms with E-state index in [2.05, 4.69) is 0 Å². The molecule has 0 aromatic heterocycles. The molecule has 0 spiro atoms. The smallest absolute Gasteiger partial charge is 0.311 e. The predicted molar refractivity (Wildman–Crippen MR) is 46.7 cm³/mol. The molecule has 0 saturated heterocycles. The molecule has 12 heavy (non-hydrogen) atoms. The van der Waals surface area contributed by atoms with Crippen molar-refractivity contribution in [1.29, 1.82) is 0 Å². The quantitative estimate of drug-likeness (QED) is 0.643. The third-order valence-corrected chi connectivity index (χ3v) is 1.50. The van der Waals surface area contributed by atoms with E-state index in [0.717, 1.165) is 0 Å². The molecule has 72 valence electrons. The zero-order valence-corrected chi connectivity index (χ0v) is 8.42. The summed E-state index contributed by atoms with van der Waals surface area (Å²) in [6, 6.07) is 0. The first-order valence-electron chi connectivity index (χ1n) is 4.15. The number of carbonyl (C=O) groups is 1. The van der Waals surface area contributed by atoms with Gasteiger partial charge in [-0.15, -0.1) is 0 Å². The van der Waals surface area contributed by atoms with Crippen molar-refractivity contribution in [3.8, 4) is 0 Å². The highest BCUT2D eigenvalue weighted by molar-refractivity contribution is 5.73. The summed E-state index contributed by atoms with van der Waals surface area (Å²) in [6.07, 6.45) is -0.653. The number of esters is 1. The highest BCUT2D eigenvalue weighted by atomic mass is 16.6. The van der Waals surface area contributed by atoms with Gasteiger partial charge in [-0.25, -0.2) is 0 Å². The van der Waals surface area contributed by atoms with Gasteiger partial charge in [0.2, 0.25) is 0 Å². The summed E-state index contributed by atoms with van der Waals surface area (Å²) < 4.78 is 5.06. The SMILES string of the molecule is CC(O)C(C)C(=O)OC(C)(C)C. The number of rotatable bonds is 2. The fraction of sp³-hybridized carbons (Fsp3) is 0.889. The Balaban J connectivity index is 4.05. The molecule has 0 aliphatic carbocycles. The van der Waals surface area contributed by atoms with Crippen LogP contribution in [0.2, 0.25) is 0 Å². The van der Waals surface area contributed by atoms with Gasteiger partial charge in [0.1, 0.15) is 5.60 Å². The second-order valence-corrected chi connectivity index (χ2v) is 4.06. The average molecular weight is 174 g/mol. The van der Waals surface area contributed by atoms with Crippen molar-refractivity contribution in [2.75, 3.05) is 0 Å². The van der Waals surface area contributed by atoms with Crippen molar-refractivity contribution in [1.82, 2.24) is 0 Å². The van der Waals surface area contributed by atoms with E-state index in [1.807, 2.05) is 0 Å². The minimum absolute atomic E-state index is 0.350.